The molecule has 9 heteroatoms. The minimum Gasteiger partial charge on any atom is -0.481 e. The van der Waals surface area contributed by atoms with Crippen LogP contribution in [0.4, 0.5) is 0 Å². The van der Waals surface area contributed by atoms with E-state index in [4.69, 9.17) is 20.4 Å². The van der Waals surface area contributed by atoms with E-state index in [1.165, 1.54) is 60.7 Å². The first-order valence-corrected chi connectivity index (χ1v) is 13.7. The summed E-state index contributed by atoms with van der Waals surface area (Å²) < 4.78 is 0. The predicted molar refractivity (Wildman–Crippen MR) is 152 cm³/mol. The third-order valence-electron chi connectivity index (χ3n) is 8.02. The molecule has 0 bridgehead atoms. The van der Waals surface area contributed by atoms with E-state index in [9.17, 15) is 14.4 Å². The summed E-state index contributed by atoms with van der Waals surface area (Å²) in [6, 6.07) is 20.0. The number of carbonyl (C=O) groups is 3. The van der Waals surface area contributed by atoms with E-state index in [2.05, 4.69) is 85.5 Å². The van der Waals surface area contributed by atoms with Crippen LogP contribution in [0, 0.1) is 0 Å². The number of nitrogens with one attached hydrogen (secondary N) is 1. The Morgan fingerprint density at radius 2 is 1.48 bits per heavy atom. The molecule has 1 aromatic heterocycles. The number of hydrogen-bond donors (Lipinski definition) is 5. The van der Waals surface area contributed by atoms with E-state index < -0.39 is 36.4 Å². The number of aliphatic hydroxyl groups is 1. The number of carboxylic acid groups (broad SMARTS) is 3. The average Bonchev–Trinajstić information content (AvgIpc) is 3.27. The Morgan fingerprint density at radius 3 is 1.98 bits per heavy atom. The molecule has 216 valence electrons. The van der Waals surface area contributed by atoms with Gasteiger partial charge in [0.05, 0.1) is 12.8 Å². The van der Waals surface area contributed by atoms with Crippen LogP contribution in [-0.2, 0) is 26.3 Å². The number of aromatic amines is 1. The lowest BCUT2D eigenvalue weighted by molar-refractivity contribution is -0.170. The van der Waals surface area contributed by atoms with Crippen molar-refractivity contribution in [3.63, 3.8) is 0 Å². The number of para-hydroxylation sites is 1. The highest BCUT2D eigenvalue weighted by Gasteiger charge is 2.41. The van der Waals surface area contributed by atoms with Crippen LogP contribution in [0.3, 0.4) is 0 Å². The number of H-pyrrole nitrogens is 1. The van der Waals surface area contributed by atoms with Gasteiger partial charge in [0.15, 0.2) is 5.60 Å². The van der Waals surface area contributed by atoms with Gasteiger partial charge in [-0.2, -0.15) is 0 Å². The van der Waals surface area contributed by atoms with Crippen LogP contribution in [0.25, 0.3) is 10.9 Å². The molecular formula is C31H40N2O7. The molecule has 1 fully saturated rings. The highest BCUT2D eigenvalue weighted by atomic mass is 16.4. The third-order valence-corrected chi connectivity index (χ3v) is 8.02. The lowest BCUT2D eigenvalue weighted by Gasteiger charge is -2.45. The van der Waals surface area contributed by atoms with Gasteiger partial charge in [0.2, 0.25) is 0 Å². The Kier molecular flexibility index (Phi) is 10.1. The molecule has 1 aliphatic carbocycles. The maximum Gasteiger partial charge on any atom is 0.336 e. The lowest BCUT2D eigenvalue weighted by atomic mass is 9.70. The van der Waals surface area contributed by atoms with Gasteiger partial charge in [0.1, 0.15) is 0 Å². The van der Waals surface area contributed by atoms with E-state index >= 15 is 0 Å². The summed E-state index contributed by atoms with van der Waals surface area (Å²) in [5.41, 5.74) is 3.29. The second-order valence-corrected chi connectivity index (χ2v) is 10.9. The lowest BCUT2D eigenvalue weighted by Crippen LogP contribution is -2.44. The van der Waals surface area contributed by atoms with Crippen molar-refractivity contribution in [2.75, 3.05) is 14.1 Å². The number of aromatic nitrogens is 1. The normalized spacial score (nSPS) is 19.2. The van der Waals surface area contributed by atoms with Crippen LogP contribution >= 0.6 is 0 Å². The van der Waals surface area contributed by atoms with Gasteiger partial charge in [0.25, 0.3) is 0 Å². The van der Waals surface area contributed by atoms with Crippen LogP contribution in [-0.4, -0.2) is 67.9 Å². The van der Waals surface area contributed by atoms with E-state index in [0.29, 0.717) is 5.92 Å². The van der Waals surface area contributed by atoms with E-state index in [1.54, 1.807) is 5.56 Å². The quantitative estimate of drug-likeness (QED) is 0.236. The van der Waals surface area contributed by atoms with Crippen molar-refractivity contribution < 1.29 is 34.8 Å². The number of hydrogen-bond acceptors (Lipinski definition) is 5. The van der Waals surface area contributed by atoms with Gasteiger partial charge >= 0.3 is 17.9 Å². The molecule has 3 aromatic rings. The standard InChI is InChI=1S/C25H32N2.C6H8O7/c1-4-10-22-21-13-8-9-14-23(21)26-24(22)19-15-17-25(18-16-19,27(2)3)20-11-6-5-7-12-20;7-3(8)1-6(13,5(11)12)2-4(9)10/h5-9,11-14,19,26H,4,10,15-18H2,1-3H3;13H,1-2H2,(H,7,8)(H,9,10)(H,11,12). The molecule has 0 saturated heterocycles. The molecule has 5 N–H and O–H groups in total. The zero-order valence-corrected chi connectivity index (χ0v) is 23.4. The summed E-state index contributed by atoms with van der Waals surface area (Å²) in [6.07, 6.45) is 5.02. The van der Waals surface area contributed by atoms with Gasteiger partial charge in [-0.25, -0.2) is 4.79 Å². The third kappa shape index (κ3) is 6.89. The first-order chi connectivity index (χ1) is 18.9. The number of aliphatic carboxylic acids is 3. The molecule has 1 aliphatic rings. The number of benzene rings is 2. The molecule has 1 heterocycles. The smallest absolute Gasteiger partial charge is 0.336 e. The molecule has 0 unspecified atom stereocenters. The Balaban J connectivity index is 0.000000289. The van der Waals surface area contributed by atoms with Crippen molar-refractivity contribution in [3.8, 4) is 0 Å². The van der Waals surface area contributed by atoms with E-state index in [0.717, 1.165) is 0 Å². The molecule has 1 saturated carbocycles. The molecule has 0 aliphatic heterocycles. The summed E-state index contributed by atoms with van der Waals surface area (Å²) >= 11 is 0. The van der Waals surface area contributed by atoms with Crippen molar-refractivity contribution in [1.29, 1.82) is 0 Å². The van der Waals surface area contributed by atoms with Gasteiger partial charge in [0, 0.05) is 22.1 Å². The second kappa shape index (κ2) is 13.1. The molecule has 0 radical (unpaired) electrons. The highest BCUT2D eigenvalue weighted by molar-refractivity contribution is 5.88. The first kappa shape index (κ1) is 30.8. The fourth-order valence-corrected chi connectivity index (χ4v) is 5.93. The first-order valence-electron chi connectivity index (χ1n) is 13.7. The molecule has 4 rings (SSSR count). The van der Waals surface area contributed by atoms with Crippen LogP contribution in [0.15, 0.2) is 54.6 Å². The van der Waals surface area contributed by atoms with Gasteiger partial charge in [-0.3, -0.25) is 14.5 Å². The molecule has 9 nitrogen and oxygen atoms in total. The number of nitrogens with zero attached hydrogens (tertiary/aromatic N) is 1. The minimum absolute atomic E-state index is 0.175. The monoisotopic (exact) mass is 552 g/mol. The van der Waals surface area contributed by atoms with E-state index in [1.807, 2.05) is 0 Å². The Hall–Kier alpha value is -3.69. The minimum atomic E-state index is -2.74. The predicted octanol–water partition coefficient (Wildman–Crippen LogP) is 4.99. The van der Waals surface area contributed by atoms with Gasteiger partial charge in [-0.1, -0.05) is 61.9 Å². The second-order valence-electron chi connectivity index (χ2n) is 10.9. The summed E-state index contributed by atoms with van der Waals surface area (Å²) in [5.74, 6) is -4.37. The fourth-order valence-electron chi connectivity index (χ4n) is 5.93. The molecule has 2 aromatic carbocycles. The summed E-state index contributed by atoms with van der Waals surface area (Å²) in [5, 5.41) is 35.2. The zero-order valence-electron chi connectivity index (χ0n) is 23.4. The largest absolute Gasteiger partial charge is 0.481 e. The van der Waals surface area contributed by atoms with Gasteiger partial charge in [-0.15, -0.1) is 0 Å². The summed E-state index contributed by atoms with van der Waals surface area (Å²) in [6.45, 7) is 2.29. The van der Waals surface area contributed by atoms with Crippen molar-refractivity contribution in [3.05, 3.63) is 71.4 Å². The molecule has 0 amide bonds. The van der Waals surface area contributed by atoms with Crippen molar-refractivity contribution in [2.24, 2.45) is 0 Å². The number of rotatable bonds is 10. The number of carboxylic acids is 3. The van der Waals surface area contributed by atoms with Gasteiger partial charge < -0.3 is 25.4 Å². The van der Waals surface area contributed by atoms with Crippen molar-refractivity contribution in [2.45, 2.75) is 75.3 Å². The van der Waals surface area contributed by atoms with Crippen molar-refractivity contribution in [1.82, 2.24) is 9.88 Å². The van der Waals surface area contributed by atoms with Crippen LogP contribution in [0.1, 0.15) is 74.6 Å². The topological polar surface area (TPSA) is 151 Å². The SMILES string of the molecule is CCCc1c(C2CCC(c3ccccc3)(N(C)C)CC2)[nH]c2ccccc12.O=C(O)CC(O)(CC(=O)O)C(=O)O. The Labute approximate surface area is 234 Å². The van der Waals surface area contributed by atoms with E-state index in [-0.39, 0.29) is 5.54 Å². The van der Waals surface area contributed by atoms with Crippen LogP contribution in [0.2, 0.25) is 0 Å². The fraction of sp³-hybridized carbons (Fsp3) is 0.452. The zero-order chi connectivity index (χ0) is 29.5. The van der Waals surface area contributed by atoms with Crippen LogP contribution < -0.4 is 0 Å². The maximum atomic E-state index is 10.3. The average molecular weight is 553 g/mol. The van der Waals surface area contributed by atoms with Crippen LogP contribution in [0.5, 0.6) is 0 Å². The highest BCUT2D eigenvalue weighted by Crippen LogP contribution is 2.47. The summed E-state index contributed by atoms with van der Waals surface area (Å²) in [4.78, 5) is 36.7. The number of aryl methyl sites for hydroxylation is 1. The van der Waals surface area contributed by atoms with Gasteiger partial charge in [-0.05, 0) is 69.3 Å². The molecule has 40 heavy (non-hydrogen) atoms. The Morgan fingerprint density at radius 1 is 0.925 bits per heavy atom. The molecule has 0 atom stereocenters. The van der Waals surface area contributed by atoms with Crippen molar-refractivity contribution >= 4 is 28.8 Å². The molecule has 0 spiro atoms. The molecular weight excluding hydrogens is 512 g/mol. The number of fused-ring (bicyclic) bond motifs is 1. The maximum absolute atomic E-state index is 10.3. The Bertz CT molecular complexity index is 1290. The summed E-state index contributed by atoms with van der Waals surface area (Å²) in [7, 11) is 4.50.